The van der Waals surface area contributed by atoms with Gasteiger partial charge in [-0.1, -0.05) is 87.2 Å². The number of halogens is 2. The zero-order valence-corrected chi connectivity index (χ0v) is 30.6. The fraction of sp³-hybridized carbons (Fsp3) is 0.564. The lowest BCUT2D eigenvalue weighted by Gasteiger charge is -2.33. The molecule has 2 bridgehead atoms. The minimum absolute atomic E-state index is 0.0390. The van der Waals surface area contributed by atoms with E-state index in [1.54, 1.807) is 29.2 Å². The monoisotopic (exact) mass is 722 g/mol. The van der Waals surface area contributed by atoms with Crippen LogP contribution in [0.3, 0.4) is 0 Å². The second-order valence-corrected chi connectivity index (χ2v) is 14.5. The lowest BCUT2D eigenvalue weighted by atomic mass is 10.0. The lowest BCUT2D eigenvalue weighted by Crippen LogP contribution is -2.55. The van der Waals surface area contributed by atoms with Crippen LogP contribution in [-0.4, -0.2) is 93.8 Å². The Morgan fingerprint density at radius 3 is 2.38 bits per heavy atom. The van der Waals surface area contributed by atoms with E-state index in [0.29, 0.717) is 31.2 Å². The predicted molar refractivity (Wildman–Crippen MR) is 192 cm³/mol. The number of nitrogens with zero attached hydrogens (tertiary/aromatic N) is 5. The molecule has 3 amide bonds. The van der Waals surface area contributed by atoms with E-state index in [9.17, 15) is 14.4 Å². The maximum absolute atomic E-state index is 15.2. The number of fused-ring (bicyclic) bond motifs is 4. The van der Waals surface area contributed by atoms with Crippen LogP contribution in [0.2, 0.25) is 0 Å². The molecule has 3 heterocycles. The molecule has 2 aromatic carbocycles. The van der Waals surface area contributed by atoms with Crippen molar-refractivity contribution < 1.29 is 32.4 Å². The summed E-state index contributed by atoms with van der Waals surface area (Å²) in [6.45, 7) is 4.75. The van der Waals surface area contributed by atoms with Crippen molar-refractivity contribution in [3.05, 3.63) is 77.4 Å². The highest BCUT2D eigenvalue weighted by Gasteiger charge is 2.52. The van der Waals surface area contributed by atoms with Gasteiger partial charge in [-0.3, -0.25) is 14.4 Å². The number of likely N-dealkylation sites (N-methyl/N-ethyl adjacent to an activating group) is 1. The van der Waals surface area contributed by atoms with Crippen LogP contribution in [-0.2, 0) is 29.2 Å². The minimum Gasteiger partial charge on any atom is -0.485 e. The highest BCUT2D eigenvalue weighted by Crippen LogP contribution is 2.34. The maximum atomic E-state index is 15.2. The number of aromatic nitrogens is 2. The summed E-state index contributed by atoms with van der Waals surface area (Å²) in [5, 5.41) is 6.82. The third kappa shape index (κ3) is 11.1. The van der Waals surface area contributed by atoms with Gasteiger partial charge in [0, 0.05) is 32.5 Å². The van der Waals surface area contributed by atoms with E-state index in [2.05, 4.69) is 20.4 Å². The summed E-state index contributed by atoms with van der Waals surface area (Å²) in [5.41, 5.74) is 1.03. The molecule has 2 aliphatic heterocycles. The van der Waals surface area contributed by atoms with Gasteiger partial charge in [0.1, 0.15) is 17.8 Å². The second-order valence-electron chi connectivity index (χ2n) is 14.5. The van der Waals surface area contributed by atoms with Crippen molar-refractivity contribution in [2.24, 2.45) is 5.92 Å². The molecule has 0 aliphatic carbocycles. The van der Waals surface area contributed by atoms with Gasteiger partial charge in [0.05, 0.1) is 12.1 Å². The highest BCUT2D eigenvalue weighted by atomic mass is 19.3. The Bertz CT molecular complexity index is 1620. The van der Waals surface area contributed by atoms with E-state index in [-0.39, 0.29) is 36.8 Å². The first-order valence-corrected chi connectivity index (χ1v) is 18.5. The third-order valence-corrected chi connectivity index (χ3v) is 9.61. The van der Waals surface area contributed by atoms with Crippen molar-refractivity contribution in [3.63, 3.8) is 0 Å². The van der Waals surface area contributed by atoms with Crippen LogP contribution < -0.4 is 10.1 Å². The summed E-state index contributed by atoms with van der Waals surface area (Å²) < 4.78 is 41.8. The third-order valence-electron chi connectivity index (χ3n) is 9.61. The molecule has 3 aromatic rings. The predicted octanol–water partition coefficient (Wildman–Crippen LogP) is 5.89. The zero-order valence-electron chi connectivity index (χ0n) is 30.6. The fourth-order valence-corrected chi connectivity index (χ4v) is 6.82. The molecule has 0 unspecified atom stereocenters. The Hall–Kier alpha value is -4.39. The average Bonchev–Trinajstić information content (AvgIpc) is 3.72. The number of ether oxygens (including phenoxy) is 1. The Labute approximate surface area is 305 Å². The van der Waals surface area contributed by atoms with Gasteiger partial charge in [0.25, 0.3) is 11.8 Å². The topological polar surface area (TPSA) is 121 Å². The molecule has 1 saturated heterocycles. The molecule has 1 fully saturated rings. The first-order valence-electron chi connectivity index (χ1n) is 18.5. The van der Waals surface area contributed by atoms with E-state index >= 15 is 8.78 Å². The normalized spacial score (nSPS) is 22.1. The average molecular weight is 723 g/mol. The summed E-state index contributed by atoms with van der Waals surface area (Å²) >= 11 is 0. The first kappa shape index (κ1) is 38.8. The van der Waals surface area contributed by atoms with Crippen molar-refractivity contribution in [3.8, 4) is 5.75 Å². The number of hydrogen-bond donors (Lipinski definition) is 1. The van der Waals surface area contributed by atoms with E-state index in [4.69, 9.17) is 9.26 Å². The SMILES string of the molecule is CC(C)C[C@H]1NC(=O)c2ccccc2OCc2noc(n2)CCCCCCCCN(C)CCN(Cc2ccccc2)C(=O)[C@H]2CC(F)(F)CN2C1=O. The molecular weight excluding hydrogens is 670 g/mol. The van der Waals surface area contributed by atoms with Crippen molar-refractivity contribution in [2.75, 3.05) is 33.2 Å². The molecule has 1 N–H and O–H groups in total. The van der Waals surface area contributed by atoms with Crippen molar-refractivity contribution in [1.82, 2.24) is 30.2 Å². The summed E-state index contributed by atoms with van der Waals surface area (Å²) in [5.74, 6) is -4.07. The van der Waals surface area contributed by atoms with Gasteiger partial charge in [-0.15, -0.1) is 0 Å². The molecule has 282 valence electrons. The summed E-state index contributed by atoms with van der Waals surface area (Å²) in [6, 6.07) is 13.5. The Balaban J connectivity index is 1.42. The van der Waals surface area contributed by atoms with Gasteiger partial charge >= 0.3 is 0 Å². The van der Waals surface area contributed by atoms with Crippen LogP contribution in [0.25, 0.3) is 0 Å². The van der Waals surface area contributed by atoms with Crippen molar-refractivity contribution >= 4 is 17.7 Å². The number of para-hydroxylation sites is 1. The fourth-order valence-electron chi connectivity index (χ4n) is 6.82. The number of hydrogen-bond acceptors (Lipinski definition) is 8. The molecule has 0 saturated carbocycles. The van der Waals surface area contributed by atoms with Crippen molar-refractivity contribution in [1.29, 1.82) is 0 Å². The van der Waals surface area contributed by atoms with Gasteiger partial charge in [0.15, 0.2) is 6.61 Å². The minimum atomic E-state index is -3.27. The number of benzene rings is 2. The highest BCUT2D eigenvalue weighted by molar-refractivity contribution is 6.00. The van der Waals surface area contributed by atoms with Crippen LogP contribution >= 0.6 is 0 Å². The standard InChI is InChI=1S/C39H52F2N6O5/c1-28(2)23-31-37(49)47-27-39(40,41)24-32(47)38(50)46(25-29-15-9-8-10-16-29)22-21-45(3)20-14-7-5-4-6-11-19-35-43-34(44-52-35)26-51-33-18-13-12-17-30(33)36(48)42-31/h8-10,12-13,15-18,28,31-32H,4-7,11,14,19-27H2,1-3H3,(H,42,48)/t31-,32-/m1/s1. The number of carbonyl (C=O) groups is 3. The number of alkyl halides is 2. The van der Waals surface area contributed by atoms with E-state index in [1.165, 1.54) is 0 Å². The molecule has 1 aromatic heterocycles. The maximum Gasteiger partial charge on any atom is 0.267 e. The van der Waals surface area contributed by atoms with Crippen LogP contribution in [0.15, 0.2) is 59.1 Å². The van der Waals surface area contributed by atoms with E-state index < -0.39 is 48.7 Å². The molecule has 5 rings (SSSR count). The van der Waals surface area contributed by atoms with Crippen LogP contribution in [0.4, 0.5) is 8.78 Å². The summed E-state index contributed by atoms with van der Waals surface area (Å²) in [4.78, 5) is 51.5. The van der Waals surface area contributed by atoms with Gasteiger partial charge in [-0.2, -0.15) is 4.98 Å². The molecule has 13 heteroatoms. The largest absolute Gasteiger partial charge is 0.485 e. The van der Waals surface area contributed by atoms with Crippen LogP contribution in [0.1, 0.15) is 92.9 Å². The summed E-state index contributed by atoms with van der Waals surface area (Å²) in [7, 11) is 2.00. The first-order chi connectivity index (χ1) is 25.0. The summed E-state index contributed by atoms with van der Waals surface area (Å²) in [6.07, 6.45) is 6.30. The smallest absolute Gasteiger partial charge is 0.267 e. The number of aryl methyl sites for hydroxylation is 1. The second kappa shape index (κ2) is 18.4. The molecule has 11 nitrogen and oxygen atoms in total. The molecule has 0 spiro atoms. The molecule has 52 heavy (non-hydrogen) atoms. The molecule has 2 atom stereocenters. The van der Waals surface area contributed by atoms with Gasteiger partial charge < -0.3 is 29.3 Å². The van der Waals surface area contributed by atoms with Gasteiger partial charge in [-0.05, 0) is 56.5 Å². The van der Waals surface area contributed by atoms with E-state index in [1.807, 2.05) is 51.2 Å². The number of carbonyl (C=O) groups excluding carboxylic acids is 3. The van der Waals surface area contributed by atoms with Crippen molar-refractivity contribution in [2.45, 2.75) is 103 Å². The number of nitrogens with one attached hydrogen (secondary N) is 1. The molecule has 0 radical (unpaired) electrons. The number of amides is 3. The van der Waals surface area contributed by atoms with E-state index in [0.717, 1.165) is 55.5 Å². The molecular formula is C39H52F2N6O5. The lowest BCUT2D eigenvalue weighted by molar-refractivity contribution is -0.145. The van der Waals surface area contributed by atoms with Gasteiger partial charge in [-0.25, -0.2) is 8.78 Å². The number of rotatable bonds is 4. The Morgan fingerprint density at radius 1 is 0.904 bits per heavy atom. The molecule has 2 aliphatic rings. The van der Waals surface area contributed by atoms with Gasteiger partial charge in [0.2, 0.25) is 23.5 Å². The Kier molecular flexibility index (Phi) is 13.7. The quantitative estimate of drug-likeness (QED) is 0.354. The zero-order chi connectivity index (χ0) is 37.1. The Morgan fingerprint density at radius 2 is 1.62 bits per heavy atom. The van der Waals surface area contributed by atoms with Crippen LogP contribution in [0, 0.1) is 5.92 Å². The van der Waals surface area contributed by atoms with Crippen LogP contribution in [0.5, 0.6) is 5.75 Å².